The maximum Gasteiger partial charge on any atom is 0.320 e. The first-order chi connectivity index (χ1) is 25.8. The highest BCUT2D eigenvalue weighted by atomic mass is 15.1. The fourth-order valence-corrected chi connectivity index (χ4v) is 7.84. The molecule has 0 N–H and O–H groups in total. The predicted octanol–water partition coefficient (Wildman–Crippen LogP) is 11.1. The van der Waals surface area contributed by atoms with Crippen molar-refractivity contribution in [3.05, 3.63) is 200 Å². The summed E-state index contributed by atoms with van der Waals surface area (Å²) in [6.45, 7) is -0.0455. The molecule has 0 spiro atoms. The zero-order chi connectivity index (χ0) is 34.4. The Kier molecular flexibility index (Phi) is 7.25. The predicted molar refractivity (Wildman–Crippen MR) is 218 cm³/mol. The van der Waals surface area contributed by atoms with Gasteiger partial charge >= 0.3 is 6.85 Å². The molecule has 0 radical (unpaired) electrons. The van der Waals surface area contributed by atoms with E-state index in [9.17, 15) is 0 Å². The lowest BCUT2D eigenvalue weighted by Gasteiger charge is -2.39. The lowest BCUT2D eigenvalue weighted by molar-refractivity contribution is 1.26. The van der Waals surface area contributed by atoms with E-state index in [0.717, 1.165) is 50.2 Å². The van der Waals surface area contributed by atoms with Crippen LogP contribution in [0.25, 0.3) is 72.2 Å². The van der Waals surface area contributed by atoms with Crippen LogP contribution in [-0.2, 0) is 0 Å². The molecule has 0 unspecified atom stereocenters. The van der Waals surface area contributed by atoms with Crippen LogP contribution >= 0.6 is 0 Å². The minimum atomic E-state index is -0.0455. The van der Waals surface area contributed by atoms with Crippen molar-refractivity contribution in [3.63, 3.8) is 0 Å². The van der Waals surface area contributed by atoms with Gasteiger partial charge in [-0.2, -0.15) is 0 Å². The summed E-state index contributed by atoms with van der Waals surface area (Å²) in [6, 6.07) is 60.4. The highest BCUT2D eigenvalue weighted by molar-refractivity contribution is 6.84. The highest BCUT2D eigenvalue weighted by Crippen LogP contribution is 2.46. The molecule has 10 rings (SSSR count). The molecule has 2 aromatic heterocycles. The first kappa shape index (κ1) is 30.1. The van der Waals surface area contributed by atoms with E-state index in [1.165, 1.54) is 38.8 Å². The summed E-state index contributed by atoms with van der Waals surface area (Å²) in [5.41, 5.74) is 17.0. The Morgan fingerprint density at radius 3 is 1.79 bits per heavy atom. The first-order valence-electron chi connectivity index (χ1n) is 17.8. The van der Waals surface area contributed by atoms with Crippen molar-refractivity contribution in [2.24, 2.45) is 0 Å². The minimum absolute atomic E-state index is 0.0455. The van der Waals surface area contributed by atoms with Gasteiger partial charge in [0.2, 0.25) is 0 Å². The number of benzene rings is 6. The fourth-order valence-electron chi connectivity index (χ4n) is 7.84. The summed E-state index contributed by atoms with van der Waals surface area (Å²) < 4.78 is 0. The molecule has 0 aliphatic carbocycles. The molecular formula is C48H32BN3. The van der Waals surface area contributed by atoms with Crippen LogP contribution < -0.4 is 10.3 Å². The van der Waals surface area contributed by atoms with E-state index >= 15 is 0 Å². The van der Waals surface area contributed by atoms with Crippen LogP contribution in [0.2, 0.25) is 0 Å². The number of nitrogens with zero attached hydrogens (tertiary/aromatic N) is 3. The van der Waals surface area contributed by atoms with E-state index < -0.39 is 0 Å². The molecule has 2 aliphatic heterocycles. The van der Waals surface area contributed by atoms with Gasteiger partial charge in [0.15, 0.2) is 0 Å². The van der Waals surface area contributed by atoms with Crippen LogP contribution in [0, 0.1) is 0 Å². The van der Waals surface area contributed by atoms with Gasteiger partial charge in [-0.05, 0) is 68.7 Å². The molecule has 0 bridgehead atoms. The lowest BCUT2D eigenvalue weighted by Crippen LogP contribution is -2.49. The van der Waals surface area contributed by atoms with Gasteiger partial charge in [0.05, 0.1) is 22.6 Å². The van der Waals surface area contributed by atoms with Gasteiger partial charge in [0.25, 0.3) is 0 Å². The first-order valence-corrected chi connectivity index (χ1v) is 17.8. The monoisotopic (exact) mass is 661 g/mol. The standard InChI is InChI=1S/C48H32BN3/c1-5-14-33(15-6-1)39-28-42(35-18-9-3-10-19-35)46-41-24-23-37-22-13-27-50-47(37)48(41)52-32-38(25-26-49(52)43(46)29-39)45-31-40(34-16-7-2-8-17-34)30-44(51-45)36-20-11-4-12-21-36/h1-32H. The number of aromatic nitrogens is 2. The number of anilines is 1. The van der Waals surface area contributed by atoms with Crippen molar-refractivity contribution < 1.29 is 0 Å². The zero-order valence-electron chi connectivity index (χ0n) is 28.4. The molecular weight excluding hydrogens is 629 g/mol. The minimum Gasteiger partial charge on any atom is -0.381 e. The average molecular weight is 662 g/mol. The molecule has 6 aromatic carbocycles. The third kappa shape index (κ3) is 5.16. The zero-order valence-corrected chi connectivity index (χ0v) is 28.4. The van der Waals surface area contributed by atoms with Crippen LogP contribution in [0.3, 0.4) is 0 Å². The maximum absolute atomic E-state index is 5.30. The molecule has 0 saturated carbocycles. The van der Waals surface area contributed by atoms with Gasteiger partial charge in [0.1, 0.15) is 0 Å². The second kappa shape index (κ2) is 12.5. The van der Waals surface area contributed by atoms with E-state index in [4.69, 9.17) is 9.97 Å². The van der Waals surface area contributed by atoms with Crippen molar-refractivity contribution in [1.29, 1.82) is 0 Å². The third-order valence-electron chi connectivity index (χ3n) is 10.3. The van der Waals surface area contributed by atoms with Gasteiger partial charge in [-0.15, -0.1) is 0 Å². The Labute approximate surface area is 304 Å². The molecule has 4 heteroatoms. The Bertz CT molecular complexity index is 2610. The summed E-state index contributed by atoms with van der Waals surface area (Å²) in [5.74, 6) is 2.35. The van der Waals surface area contributed by atoms with Gasteiger partial charge in [-0.25, -0.2) is 4.98 Å². The Hall–Kier alpha value is -6.78. The van der Waals surface area contributed by atoms with Gasteiger partial charge in [-0.1, -0.05) is 158 Å². The topological polar surface area (TPSA) is 29.0 Å². The molecule has 0 saturated heterocycles. The van der Waals surface area contributed by atoms with Crippen molar-refractivity contribution in [2.75, 3.05) is 4.81 Å². The number of hydrogen-bond donors (Lipinski definition) is 0. The molecule has 0 fully saturated rings. The molecule has 0 atom stereocenters. The smallest absolute Gasteiger partial charge is 0.320 e. The lowest BCUT2D eigenvalue weighted by atomic mass is 9.48. The second-order valence-electron chi connectivity index (χ2n) is 13.4. The quantitative estimate of drug-likeness (QED) is 0.172. The van der Waals surface area contributed by atoms with Gasteiger partial charge in [-0.3, -0.25) is 4.98 Å². The highest BCUT2D eigenvalue weighted by Gasteiger charge is 2.37. The fraction of sp³-hybridized carbons (Fsp3) is 0. The molecule has 8 aromatic rings. The Morgan fingerprint density at radius 1 is 0.481 bits per heavy atom. The number of pyridine rings is 2. The summed E-state index contributed by atoms with van der Waals surface area (Å²) in [5, 5.41) is 1.12. The average Bonchev–Trinajstić information content (AvgIpc) is 3.24. The summed E-state index contributed by atoms with van der Waals surface area (Å²) in [7, 11) is 0. The van der Waals surface area contributed by atoms with E-state index in [-0.39, 0.29) is 6.85 Å². The SMILES string of the molecule is C1=CC(c2cc(-c3ccccc3)cc(-c3ccccc3)n2)=CN2B1c1cc(-c3ccccc3)cc(-c3ccccc3)c1-c1ccc3cccnc3c12. The molecule has 0 amide bonds. The van der Waals surface area contributed by atoms with Gasteiger partial charge < -0.3 is 4.81 Å². The maximum atomic E-state index is 5.30. The van der Waals surface area contributed by atoms with Crippen molar-refractivity contribution >= 4 is 34.5 Å². The van der Waals surface area contributed by atoms with Crippen LogP contribution in [0.15, 0.2) is 194 Å². The number of hydrogen-bond acceptors (Lipinski definition) is 3. The van der Waals surface area contributed by atoms with Crippen molar-refractivity contribution in [1.82, 2.24) is 9.97 Å². The molecule has 4 heterocycles. The Morgan fingerprint density at radius 2 is 1.10 bits per heavy atom. The van der Waals surface area contributed by atoms with Crippen LogP contribution in [-0.4, -0.2) is 16.8 Å². The molecule has 3 nitrogen and oxygen atoms in total. The number of fused-ring (bicyclic) bond motifs is 8. The van der Waals surface area contributed by atoms with E-state index in [0.29, 0.717) is 0 Å². The molecule has 52 heavy (non-hydrogen) atoms. The summed E-state index contributed by atoms with van der Waals surface area (Å²) in [6.07, 6.45) is 6.47. The largest absolute Gasteiger partial charge is 0.381 e. The third-order valence-corrected chi connectivity index (χ3v) is 10.3. The summed E-state index contributed by atoms with van der Waals surface area (Å²) >= 11 is 0. The molecule has 2 aliphatic rings. The Balaban J connectivity index is 1.22. The second-order valence-corrected chi connectivity index (χ2v) is 13.4. The summed E-state index contributed by atoms with van der Waals surface area (Å²) in [4.78, 5) is 12.8. The van der Waals surface area contributed by atoms with Crippen LogP contribution in [0.1, 0.15) is 5.69 Å². The van der Waals surface area contributed by atoms with E-state index in [1.807, 2.05) is 12.3 Å². The number of allylic oxidation sites excluding steroid dienone is 2. The van der Waals surface area contributed by atoms with Crippen molar-refractivity contribution in [2.45, 2.75) is 0 Å². The molecule has 242 valence electrons. The van der Waals surface area contributed by atoms with Crippen LogP contribution in [0.4, 0.5) is 5.69 Å². The van der Waals surface area contributed by atoms with E-state index in [1.54, 1.807) is 0 Å². The number of rotatable bonds is 5. The van der Waals surface area contributed by atoms with Gasteiger partial charge in [0, 0.05) is 34.5 Å². The van der Waals surface area contributed by atoms with Crippen LogP contribution in [0.5, 0.6) is 0 Å². The van der Waals surface area contributed by atoms with Crippen molar-refractivity contribution in [3.8, 4) is 55.8 Å². The van der Waals surface area contributed by atoms with E-state index in [2.05, 4.69) is 187 Å². The normalized spacial score (nSPS) is 13.0.